The zero-order valence-corrected chi connectivity index (χ0v) is 24.2. The quantitative estimate of drug-likeness (QED) is 0.289. The number of carbonyl (C=O) groups is 1. The maximum absolute atomic E-state index is 13.1. The van der Waals surface area contributed by atoms with Gasteiger partial charge in [-0.3, -0.25) is 9.62 Å². The van der Waals surface area contributed by atoms with Crippen molar-refractivity contribution in [3.8, 4) is 11.5 Å². The molecule has 0 spiro atoms. The van der Waals surface area contributed by atoms with Gasteiger partial charge in [-0.05, 0) is 66.8 Å². The summed E-state index contributed by atoms with van der Waals surface area (Å²) in [6.45, 7) is 6.26. The number of likely N-dealkylation sites (tertiary alicyclic amines) is 1. The fourth-order valence-electron chi connectivity index (χ4n) is 4.90. The largest absolute Gasteiger partial charge is 0.457 e. The lowest BCUT2D eigenvalue weighted by molar-refractivity contribution is 0.116. The minimum absolute atomic E-state index is 0.0349. The Morgan fingerprint density at radius 3 is 2.15 bits per heavy atom. The first kappa shape index (κ1) is 29.4. The van der Waals surface area contributed by atoms with E-state index in [4.69, 9.17) is 4.74 Å². The second kappa shape index (κ2) is 14.2. The lowest BCUT2D eigenvalue weighted by Crippen LogP contribution is -2.50. The lowest BCUT2D eigenvalue weighted by Gasteiger charge is -2.38. The van der Waals surface area contributed by atoms with Crippen LogP contribution in [0.15, 0.2) is 78.9 Å². The first-order valence-electron chi connectivity index (χ1n) is 13.9. The number of anilines is 1. The van der Waals surface area contributed by atoms with Crippen LogP contribution >= 0.6 is 0 Å². The number of benzene rings is 3. The highest BCUT2D eigenvalue weighted by molar-refractivity contribution is 7.92. The Hall–Kier alpha value is -3.56. The van der Waals surface area contributed by atoms with Crippen LogP contribution in [-0.4, -0.2) is 56.2 Å². The van der Waals surface area contributed by atoms with Crippen molar-refractivity contribution in [2.75, 3.05) is 30.6 Å². The van der Waals surface area contributed by atoms with E-state index in [-0.39, 0.29) is 12.1 Å². The van der Waals surface area contributed by atoms with E-state index in [2.05, 4.69) is 38.9 Å². The molecule has 40 heavy (non-hydrogen) atoms. The minimum atomic E-state index is -3.31. The van der Waals surface area contributed by atoms with Crippen molar-refractivity contribution in [1.82, 2.24) is 15.1 Å². The Kier molecular flexibility index (Phi) is 10.4. The van der Waals surface area contributed by atoms with Crippen LogP contribution in [-0.2, 0) is 23.1 Å². The average molecular weight is 565 g/mol. The molecule has 0 radical (unpaired) electrons. The molecule has 1 aliphatic heterocycles. The molecule has 214 valence electrons. The van der Waals surface area contributed by atoms with Gasteiger partial charge in [-0.25, -0.2) is 13.2 Å². The molecule has 8 nitrogen and oxygen atoms in total. The van der Waals surface area contributed by atoms with Crippen molar-refractivity contribution >= 4 is 21.7 Å². The maximum Gasteiger partial charge on any atom is 0.317 e. The van der Waals surface area contributed by atoms with Crippen LogP contribution in [0.2, 0.25) is 0 Å². The SMILES string of the molecule is CCCCN(C(=O)NCc1ccccc1)C1CCN(Cc2ccc(Oc3ccc(NS(C)(=O)=O)cc3)cc2)CC1. The molecule has 1 aliphatic rings. The average Bonchev–Trinajstić information content (AvgIpc) is 2.95. The standard InChI is InChI=1S/C31H40N4O4S/c1-3-4-20-35(31(36)32-23-25-8-6-5-7-9-25)28-18-21-34(22-19-28)24-26-10-14-29(15-11-26)39-30-16-12-27(13-17-30)33-40(2,37)38/h5-17,28,33H,3-4,18-24H2,1-2H3,(H,32,36). The third-order valence-corrected chi connectivity index (χ3v) is 7.63. The number of carbonyl (C=O) groups excluding carboxylic acids is 1. The Morgan fingerprint density at radius 2 is 1.55 bits per heavy atom. The van der Waals surface area contributed by atoms with E-state index in [0.717, 1.165) is 69.4 Å². The van der Waals surface area contributed by atoms with Crippen LogP contribution in [0.5, 0.6) is 11.5 Å². The predicted molar refractivity (Wildman–Crippen MR) is 160 cm³/mol. The molecule has 0 atom stereocenters. The number of amides is 2. The number of sulfonamides is 1. The number of nitrogens with one attached hydrogen (secondary N) is 2. The van der Waals surface area contributed by atoms with Gasteiger partial charge < -0.3 is 15.0 Å². The highest BCUT2D eigenvalue weighted by atomic mass is 32.2. The number of piperidine rings is 1. The minimum Gasteiger partial charge on any atom is -0.457 e. The molecular formula is C31H40N4O4S. The molecule has 0 bridgehead atoms. The summed E-state index contributed by atoms with van der Waals surface area (Å²) in [7, 11) is -3.31. The molecule has 0 aromatic heterocycles. The molecule has 4 rings (SSSR count). The highest BCUT2D eigenvalue weighted by Crippen LogP contribution is 2.25. The van der Waals surface area contributed by atoms with E-state index < -0.39 is 10.0 Å². The van der Waals surface area contributed by atoms with Gasteiger partial charge in [-0.1, -0.05) is 55.8 Å². The Balaban J connectivity index is 1.25. The van der Waals surface area contributed by atoms with E-state index >= 15 is 0 Å². The summed E-state index contributed by atoms with van der Waals surface area (Å²) in [6.07, 6.45) is 5.12. The van der Waals surface area contributed by atoms with Gasteiger partial charge in [0.1, 0.15) is 11.5 Å². The van der Waals surface area contributed by atoms with E-state index in [1.165, 1.54) is 5.56 Å². The van der Waals surface area contributed by atoms with E-state index in [1.54, 1.807) is 24.3 Å². The summed E-state index contributed by atoms with van der Waals surface area (Å²) in [6, 6.07) is 25.2. The molecule has 3 aromatic rings. The fourth-order valence-corrected chi connectivity index (χ4v) is 5.47. The van der Waals surface area contributed by atoms with Gasteiger partial charge in [0.05, 0.1) is 6.26 Å². The summed E-state index contributed by atoms with van der Waals surface area (Å²) in [4.78, 5) is 17.6. The zero-order valence-electron chi connectivity index (χ0n) is 23.4. The van der Waals surface area contributed by atoms with Gasteiger partial charge >= 0.3 is 6.03 Å². The van der Waals surface area contributed by atoms with E-state index in [1.807, 2.05) is 42.5 Å². The molecule has 3 aromatic carbocycles. The van der Waals surface area contributed by atoms with Crippen LogP contribution in [0.1, 0.15) is 43.7 Å². The molecule has 1 heterocycles. The van der Waals surface area contributed by atoms with Crippen molar-refractivity contribution in [2.24, 2.45) is 0 Å². The number of nitrogens with zero attached hydrogens (tertiary/aromatic N) is 2. The van der Waals surface area contributed by atoms with E-state index in [9.17, 15) is 13.2 Å². The normalized spacial score (nSPS) is 14.4. The smallest absolute Gasteiger partial charge is 0.317 e. The van der Waals surface area contributed by atoms with Gasteiger partial charge in [0.15, 0.2) is 0 Å². The molecule has 1 fully saturated rings. The van der Waals surface area contributed by atoms with Crippen molar-refractivity contribution in [3.63, 3.8) is 0 Å². The number of hydrogen-bond donors (Lipinski definition) is 2. The number of ether oxygens (including phenoxy) is 1. The number of unbranched alkanes of at least 4 members (excludes halogenated alkanes) is 1. The highest BCUT2D eigenvalue weighted by Gasteiger charge is 2.27. The Morgan fingerprint density at radius 1 is 0.925 bits per heavy atom. The van der Waals surface area contributed by atoms with Crippen LogP contribution in [0.3, 0.4) is 0 Å². The van der Waals surface area contributed by atoms with Crippen molar-refractivity contribution in [1.29, 1.82) is 0 Å². The van der Waals surface area contributed by atoms with Gasteiger partial charge in [0, 0.05) is 44.5 Å². The lowest BCUT2D eigenvalue weighted by atomic mass is 10.0. The number of hydrogen-bond acceptors (Lipinski definition) is 5. The zero-order chi connectivity index (χ0) is 28.4. The first-order chi connectivity index (χ1) is 19.3. The van der Waals surface area contributed by atoms with Crippen LogP contribution < -0.4 is 14.8 Å². The number of rotatable bonds is 12. The molecule has 1 saturated heterocycles. The Labute approximate surface area is 238 Å². The summed E-state index contributed by atoms with van der Waals surface area (Å²) >= 11 is 0. The molecule has 0 saturated carbocycles. The van der Waals surface area contributed by atoms with Crippen molar-refractivity contribution in [2.45, 2.75) is 51.7 Å². The van der Waals surface area contributed by atoms with Crippen LogP contribution in [0, 0.1) is 0 Å². The van der Waals surface area contributed by atoms with Gasteiger partial charge in [0.25, 0.3) is 0 Å². The van der Waals surface area contributed by atoms with Crippen molar-refractivity contribution in [3.05, 3.63) is 90.0 Å². The summed E-state index contributed by atoms with van der Waals surface area (Å²) in [5, 5.41) is 3.12. The van der Waals surface area contributed by atoms with Gasteiger partial charge in [-0.15, -0.1) is 0 Å². The topological polar surface area (TPSA) is 91.0 Å². The molecule has 0 aliphatic carbocycles. The molecular weight excluding hydrogens is 524 g/mol. The van der Waals surface area contributed by atoms with Crippen LogP contribution in [0.25, 0.3) is 0 Å². The third kappa shape index (κ3) is 9.27. The third-order valence-electron chi connectivity index (χ3n) is 7.02. The predicted octanol–water partition coefficient (Wildman–Crippen LogP) is 5.83. The van der Waals surface area contributed by atoms with Crippen molar-refractivity contribution < 1.29 is 17.9 Å². The van der Waals surface area contributed by atoms with Gasteiger partial charge in [-0.2, -0.15) is 0 Å². The monoisotopic (exact) mass is 564 g/mol. The van der Waals surface area contributed by atoms with E-state index in [0.29, 0.717) is 18.0 Å². The second-order valence-corrected chi connectivity index (χ2v) is 12.1. The summed E-state index contributed by atoms with van der Waals surface area (Å²) in [5.74, 6) is 1.36. The first-order valence-corrected chi connectivity index (χ1v) is 15.8. The molecule has 2 N–H and O–H groups in total. The molecule has 9 heteroatoms. The summed E-state index contributed by atoms with van der Waals surface area (Å²) in [5.41, 5.74) is 2.81. The maximum atomic E-state index is 13.1. The van der Waals surface area contributed by atoms with Gasteiger partial charge in [0.2, 0.25) is 10.0 Å². The van der Waals surface area contributed by atoms with Crippen LogP contribution in [0.4, 0.5) is 10.5 Å². The summed E-state index contributed by atoms with van der Waals surface area (Å²) < 4.78 is 31.1. The number of urea groups is 1. The molecule has 0 unspecified atom stereocenters. The fraction of sp³-hybridized carbons (Fsp3) is 0.387. The Bertz CT molecular complexity index is 1310. The molecule has 2 amide bonds. The second-order valence-electron chi connectivity index (χ2n) is 10.3.